The van der Waals surface area contributed by atoms with E-state index in [1.54, 1.807) is 30.3 Å². The monoisotopic (exact) mass is 382 g/mol. The molecule has 0 atom stereocenters. The molecule has 1 fully saturated rings. The fraction of sp³-hybridized carbons (Fsp3) is 0.529. The van der Waals surface area contributed by atoms with Crippen molar-refractivity contribution in [2.45, 2.75) is 24.7 Å². The van der Waals surface area contributed by atoms with Crippen LogP contribution in [-0.2, 0) is 14.8 Å². The number of hydrogen-bond donors (Lipinski definition) is 2. The second-order valence-corrected chi connectivity index (χ2v) is 8.09. The Bertz CT molecular complexity index is 701. The summed E-state index contributed by atoms with van der Waals surface area (Å²) in [6.45, 7) is 4.13. The molecule has 0 aliphatic carbocycles. The van der Waals surface area contributed by atoms with E-state index in [2.05, 4.69) is 10.6 Å². The second kappa shape index (κ2) is 9.65. The molecule has 0 saturated carbocycles. The first-order valence-corrected chi connectivity index (χ1v) is 10.2. The van der Waals surface area contributed by atoms with Crippen molar-refractivity contribution in [2.75, 3.05) is 39.3 Å². The number of benzene rings is 1. The highest BCUT2D eigenvalue weighted by Crippen LogP contribution is 2.16. The number of nitrogens with zero attached hydrogens (tertiary/aromatic N) is 2. The van der Waals surface area contributed by atoms with Crippen LogP contribution in [0.1, 0.15) is 19.8 Å². The van der Waals surface area contributed by atoms with Gasteiger partial charge >= 0.3 is 6.03 Å². The van der Waals surface area contributed by atoms with E-state index >= 15 is 0 Å². The fourth-order valence-electron chi connectivity index (χ4n) is 2.66. The van der Waals surface area contributed by atoms with Crippen LogP contribution < -0.4 is 10.6 Å². The highest BCUT2D eigenvalue weighted by Gasteiger charge is 2.28. The SMILES string of the molecule is CCCCNC(=O)NC(=O)CN1CCN(S(=O)(=O)c2ccccc2)CC1. The molecule has 9 heteroatoms. The number of carbonyl (C=O) groups is 2. The normalized spacial score (nSPS) is 16.2. The zero-order chi connectivity index (χ0) is 19.0. The largest absolute Gasteiger partial charge is 0.338 e. The number of urea groups is 1. The van der Waals surface area contributed by atoms with E-state index in [1.807, 2.05) is 11.8 Å². The van der Waals surface area contributed by atoms with Crippen LogP contribution in [0.5, 0.6) is 0 Å². The Morgan fingerprint density at radius 3 is 2.35 bits per heavy atom. The molecule has 0 bridgehead atoms. The van der Waals surface area contributed by atoms with Crippen molar-refractivity contribution >= 4 is 22.0 Å². The van der Waals surface area contributed by atoms with Crippen LogP contribution in [-0.4, -0.2) is 68.8 Å². The van der Waals surface area contributed by atoms with Gasteiger partial charge in [-0.05, 0) is 18.6 Å². The van der Waals surface area contributed by atoms with E-state index in [1.165, 1.54) is 4.31 Å². The highest BCUT2D eigenvalue weighted by molar-refractivity contribution is 7.89. The first-order valence-electron chi connectivity index (χ1n) is 8.78. The quantitative estimate of drug-likeness (QED) is 0.674. The number of imide groups is 1. The molecule has 1 saturated heterocycles. The number of amides is 3. The van der Waals surface area contributed by atoms with Crippen molar-refractivity contribution in [3.8, 4) is 0 Å². The maximum atomic E-state index is 12.6. The van der Waals surface area contributed by atoms with Crippen LogP contribution >= 0.6 is 0 Å². The fourth-order valence-corrected chi connectivity index (χ4v) is 4.10. The maximum Gasteiger partial charge on any atom is 0.321 e. The summed E-state index contributed by atoms with van der Waals surface area (Å²) in [7, 11) is -3.50. The summed E-state index contributed by atoms with van der Waals surface area (Å²) in [6, 6.07) is 7.82. The first-order chi connectivity index (χ1) is 12.4. The molecule has 0 radical (unpaired) electrons. The molecular formula is C17H26N4O4S. The second-order valence-electron chi connectivity index (χ2n) is 6.15. The van der Waals surface area contributed by atoms with Gasteiger partial charge in [0.05, 0.1) is 11.4 Å². The average Bonchev–Trinajstić information content (AvgIpc) is 2.63. The molecule has 1 aliphatic rings. The highest BCUT2D eigenvalue weighted by atomic mass is 32.2. The van der Waals surface area contributed by atoms with Crippen molar-refractivity contribution < 1.29 is 18.0 Å². The molecule has 26 heavy (non-hydrogen) atoms. The van der Waals surface area contributed by atoms with Gasteiger partial charge in [0.1, 0.15) is 0 Å². The minimum atomic E-state index is -3.50. The molecular weight excluding hydrogens is 356 g/mol. The van der Waals surface area contributed by atoms with E-state index in [0.717, 1.165) is 12.8 Å². The molecule has 0 spiro atoms. The third-order valence-electron chi connectivity index (χ3n) is 4.15. The summed E-state index contributed by atoms with van der Waals surface area (Å²) in [6.07, 6.45) is 1.82. The smallest absolute Gasteiger partial charge is 0.321 e. The molecule has 0 unspecified atom stereocenters. The molecule has 1 heterocycles. The zero-order valence-corrected chi connectivity index (χ0v) is 15.8. The molecule has 1 aromatic carbocycles. The van der Waals surface area contributed by atoms with Crippen molar-refractivity contribution in [3.63, 3.8) is 0 Å². The molecule has 0 aromatic heterocycles. The standard InChI is InChI=1S/C17H26N4O4S/c1-2-3-9-18-17(23)19-16(22)14-20-10-12-21(13-11-20)26(24,25)15-7-5-4-6-8-15/h4-8H,2-3,9-14H2,1H3,(H2,18,19,22,23). The predicted octanol–water partition coefficient (Wildman–Crippen LogP) is 0.619. The maximum absolute atomic E-state index is 12.6. The molecule has 8 nitrogen and oxygen atoms in total. The van der Waals surface area contributed by atoms with Gasteiger partial charge in [0.2, 0.25) is 15.9 Å². The van der Waals surface area contributed by atoms with Gasteiger partial charge in [-0.1, -0.05) is 31.5 Å². The number of carbonyl (C=O) groups excluding carboxylic acids is 2. The molecule has 3 amide bonds. The Morgan fingerprint density at radius 1 is 1.08 bits per heavy atom. The summed E-state index contributed by atoms with van der Waals surface area (Å²) in [5.74, 6) is -0.390. The number of unbranched alkanes of at least 4 members (excludes halogenated alkanes) is 1. The minimum absolute atomic E-state index is 0.0699. The van der Waals surface area contributed by atoms with Crippen molar-refractivity contribution in [1.29, 1.82) is 0 Å². The van der Waals surface area contributed by atoms with Gasteiger partial charge in [0, 0.05) is 32.7 Å². The third-order valence-corrected chi connectivity index (χ3v) is 6.06. The lowest BCUT2D eigenvalue weighted by molar-refractivity contribution is -0.121. The van der Waals surface area contributed by atoms with Gasteiger partial charge in [-0.3, -0.25) is 15.0 Å². The van der Waals surface area contributed by atoms with E-state index in [4.69, 9.17) is 0 Å². The van der Waals surface area contributed by atoms with Gasteiger partial charge in [-0.15, -0.1) is 0 Å². The van der Waals surface area contributed by atoms with E-state index in [0.29, 0.717) is 32.7 Å². The van der Waals surface area contributed by atoms with Crippen LogP contribution in [0.4, 0.5) is 4.79 Å². The van der Waals surface area contributed by atoms with Gasteiger partial charge in [0.15, 0.2) is 0 Å². The van der Waals surface area contributed by atoms with Gasteiger partial charge < -0.3 is 5.32 Å². The summed E-state index contributed by atoms with van der Waals surface area (Å²) in [4.78, 5) is 25.6. The number of hydrogen-bond acceptors (Lipinski definition) is 5. The topological polar surface area (TPSA) is 98.8 Å². The zero-order valence-electron chi connectivity index (χ0n) is 15.0. The number of piperazine rings is 1. The number of rotatable bonds is 7. The van der Waals surface area contributed by atoms with Crippen molar-refractivity contribution in [2.24, 2.45) is 0 Å². The third kappa shape index (κ3) is 5.79. The Morgan fingerprint density at radius 2 is 1.73 bits per heavy atom. The van der Waals surface area contributed by atoms with E-state index in [-0.39, 0.29) is 11.4 Å². The summed E-state index contributed by atoms with van der Waals surface area (Å²) >= 11 is 0. The van der Waals surface area contributed by atoms with Gasteiger partial charge in [0.25, 0.3) is 0 Å². The van der Waals surface area contributed by atoms with Crippen LogP contribution in [0.2, 0.25) is 0 Å². The molecule has 1 aliphatic heterocycles. The van der Waals surface area contributed by atoms with E-state index < -0.39 is 22.0 Å². The molecule has 2 N–H and O–H groups in total. The Balaban J connectivity index is 1.78. The minimum Gasteiger partial charge on any atom is -0.338 e. The van der Waals surface area contributed by atoms with Crippen LogP contribution in [0, 0.1) is 0 Å². The predicted molar refractivity (Wildman–Crippen MR) is 98.1 cm³/mol. The van der Waals surface area contributed by atoms with Crippen LogP contribution in [0.15, 0.2) is 35.2 Å². The number of nitrogens with one attached hydrogen (secondary N) is 2. The van der Waals surface area contributed by atoms with Crippen molar-refractivity contribution in [3.05, 3.63) is 30.3 Å². The summed E-state index contributed by atoms with van der Waals surface area (Å²) < 4.78 is 26.5. The van der Waals surface area contributed by atoms with E-state index in [9.17, 15) is 18.0 Å². The molecule has 1 aromatic rings. The lowest BCUT2D eigenvalue weighted by Crippen LogP contribution is -2.52. The number of sulfonamides is 1. The first kappa shape index (κ1) is 20.3. The lowest BCUT2D eigenvalue weighted by Gasteiger charge is -2.33. The van der Waals surface area contributed by atoms with Crippen LogP contribution in [0.3, 0.4) is 0 Å². The summed E-state index contributed by atoms with van der Waals surface area (Å²) in [5.41, 5.74) is 0. The molecule has 2 rings (SSSR count). The Labute approximate surface area is 154 Å². The Kier molecular flexibility index (Phi) is 7.55. The van der Waals surface area contributed by atoms with Crippen molar-refractivity contribution in [1.82, 2.24) is 19.8 Å². The Hall–Kier alpha value is -1.97. The average molecular weight is 382 g/mol. The molecule has 144 valence electrons. The summed E-state index contributed by atoms with van der Waals surface area (Å²) in [5, 5.41) is 4.91. The van der Waals surface area contributed by atoms with Gasteiger partial charge in [-0.25, -0.2) is 13.2 Å². The van der Waals surface area contributed by atoms with Gasteiger partial charge in [-0.2, -0.15) is 4.31 Å². The lowest BCUT2D eigenvalue weighted by atomic mass is 10.3. The van der Waals surface area contributed by atoms with Crippen LogP contribution in [0.25, 0.3) is 0 Å².